The SMILES string of the molecule is COCC(=O)NCCC(CCO)c1ccccc1. The van der Waals surface area contributed by atoms with Crippen LogP contribution in [0.2, 0.25) is 0 Å². The lowest BCUT2D eigenvalue weighted by atomic mass is 9.93. The second kappa shape index (κ2) is 8.66. The van der Waals surface area contributed by atoms with E-state index < -0.39 is 0 Å². The van der Waals surface area contributed by atoms with E-state index in [0.717, 1.165) is 6.42 Å². The molecule has 4 heteroatoms. The van der Waals surface area contributed by atoms with Gasteiger partial charge in [0.1, 0.15) is 6.61 Å². The van der Waals surface area contributed by atoms with Crippen LogP contribution in [-0.2, 0) is 9.53 Å². The smallest absolute Gasteiger partial charge is 0.245 e. The first-order valence-corrected chi connectivity index (χ1v) is 6.19. The first kappa shape index (κ1) is 14.7. The highest BCUT2D eigenvalue weighted by Gasteiger charge is 2.11. The van der Waals surface area contributed by atoms with Crippen molar-refractivity contribution in [1.29, 1.82) is 0 Å². The van der Waals surface area contributed by atoms with Crippen molar-refractivity contribution in [1.82, 2.24) is 5.32 Å². The number of aliphatic hydroxyl groups is 1. The molecular formula is C14H21NO3. The number of rotatable bonds is 8. The molecule has 0 bridgehead atoms. The molecule has 0 spiro atoms. The van der Waals surface area contributed by atoms with Crippen LogP contribution in [0.15, 0.2) is 30.3 Å². The molecule has 18 heavy (non-hydrogen) atoms. The molecule has 1 unspecified atom stereocenters. The van der Waals surface area contributed by atoms with E-state index in [4.69, 9.17) is 9.84 Å². The molecule has 0 aromatic heterocycles. The Kier molecular flexibility index (Phi) is 7.06. The molecule has 0 aliphatic heterocycles. The van der Waals surface area contributed by atoms with Gasteiger partial charge >= 0.3 is 0 Å². The van der Waals surface area contributed by atoms with E-state index in [9.17, 15) is 4.79 Å². The van der Waals surface area contributed by atoms with Gasteiger partial charge in [-0.1, -0.05) is 30.3 Å². The van der Waals surface area contributed by atoms with Crippen molar-refractivity contribution in [3.63, 3.8) is 0 Å². The topological polar surface area (TPSA) is 58.6 Å². The van der Waals surface area contributed by atoms with Crippen LogP contribution in [-0.4, -0.2) is 37.9 Å². The Morgan fingerprint density at radius 3 is 2.67 bits per heavy atom. The van der Waals surface area contributed by atoms with Crippen LogP contribution in [0.5, 0.6) is 0 Å². The molecule has 4 nitrogen and oxygen atoms in total. The number of hydrogen-bond donors (Lipinski definition) is 2. The molecule has 0 saturated heterocycles. The lowest BCUT2D eigenvalue weighted by Crippen LogP contribution is -2.29. The normalized spacial score (nSPS) is 12.1. The van der Waals surface area contributed by atoms with Crippen molar-refractivity contribution in [3.8, 4) is 0 Å². The molecule has 0 aliphatic rings. The molecule has 2 N–H and O–H groups in total. The van der Waals surface area contributed by atoms with E-state index in [-0.39, 0.29) is 25.0 Å². The molecule has 1 aromatic rings. The molecular weight excluding hydrogens is 230 g/mol. The number of methoxy groups -OCH3 is 1. The van der Waals surface area contributed by atoms with Gasteiger partial charge in [-0.15, -0.1) is 0 Å². The standard InChI is InChI=1S/C14H21NO3/c1-18-11-14(17)15-9-7-13(8-10-16)12-5-3-2-4-6-12/h2-6,13,16H,7-11H2,1H3,(H,15,17). The third kappa shape index (κ3) is 5.29. The Bertz CT molecular complexity index is 340. The summed E-state index contributed by atoms with van der Waals surface area (Å²) in [5.74, 6) is 0.173. The van der Waals surface area contributed by atoms with Crippen molar-refractivity contribution in [2.45, 2.75) is 18.8 Å². The molecule has 1 rings (SSSR count). The summed E-state index contributed by atoms with van der Waals surface area (Å²) in [6.45, 7) is 0.851. The maximum atomic E-state index is 11.2. The maximum absolute atomic E-state index is 11.2. The molecule has 1 aromatic carbocycles. The van der Waals surface area contributed by atoms with Crippen LogP contribution in [0, 0.1) is 0 Å². The molecule has 0 saturated carbocycles. The van der Waals surface area contributed by atoms with Gasteiger partial charge in [-0.3, -0.25) is 4.79 Å². The summed E-state index contributed by atoms with van der Waals surface area (Å²) in [5.41, 5.74) is 1.20. The van der Waals surface area contributed by atoms with E-state index in [2.05, 4.69) is 17.4 Å². The van der Waals surface area contributed by atoms with E-state index in [1.807, 2.05) is 18.2 Å². The first-order valence-electron chi connectivity index (χ1n) is 6.19. The van der Waals surface area contributed by atoms with Gasteiger partial charge in [0.2, 0.25) is 5.91 Å². The highest BCUT2D eigenvalue weighted by atomic mass is 16.5. The number of carbonyl (C=O) groups is 1. The van der Waals surface area contributed by atoms with Crippen molar-refractivity contribution in [2.24, 2.45) is 0 Å². The second-order valence-electron chi connectivity index (χ2n) is 4.19. The zero-order valence-corrected chi connectivity index (χ0v) is 10.8. The van der Waals surface area contributed by atoms with Gasteiger partial charge in [0.25, 0.3) is 0 Å². The molecule has 0 fully saturated rings. The zero-order chi connectivity index (χ0) is 13.2. The molecule has 1 atom stereocenters. The molecule has 0 radical (unpaired) electrons. The van der Waals surface area contributed by atoms with Gasteiger partial charge in [0.05, 0.1) is 0 Å². The van der Waals surface area contributed by atoms with Crippen molar-refractivity contribution >= 4 is 5.91 Å². The molecule has 1 amide bonds. The number of benzene rings is 1. The predicted molar refractivity (Wildman–Crippen MR) is 70.4 cm³/mol. The van der Waals surface area contributed by atoms with Crippen LogP contribution in [0.25, 0.3) is 0 Å². The molecule has 0 aliphatic carbocycles. The highest BCUT2D eigenvalue weighted by Crippen LogP contribution is 2.22. The average Bonchev–Trinajstić information content (AvgIpc) is 2.39. The van der Waals surface area contributed by atoms with Crippen LogP contribution < -0.4 is 5.32 Å². The number of amides is 1. The number of carbonyl (C=O) groups excluding carboxylic acids is 1. The number of ether oxygens (including phenoxy) is 1. The van der Waals surface area contributed by atoms with Crippen molar-refractivity contribution < 1.29 is 14.6 Å². The molecule has 100 valence electrons. The van der Waals surface area contributed by atoms with Gasteiger partial charge in [-0.2, -0.15) is 0 Å². The Balaban J connectivity index is 2.42. The Labute approximate surface area is 108 Å². The third-order valence-electron chi connectivity index (χ3n) is 2.84. The third-order valence-corrected chi connectivity index (χ3v) is 2.84. The highest BCUT2D eigenvalue weighted by molar-refractivity contribution is 5.77. The minimum absolute atomic E-state index is 0.0933. The van der Waals surface area contributed by atoms with E-state index >= 15 is 0 Å². The van der Waals surface area contributed by atoms with Gasteiger partial charge in [-0.25, -0.2) is 0 Å². The van der Waals surface area contributed by atoms with Gasteiger partial charge < -0.3 is 15.2 Å². The van der Waals surface area contributed by atoms with E-state index in [1.54, 1.807) is 0 Å². The molecule has 0 heterocycles. The summed E-state index contributed by atoms with van der Waals surface area (Å²) in [6, 6.07) is 10.1. The predicted octanol–water partition coefficient (Wildman–Crippen LogP) is 1.31. The zero-order valence-electron chi connectivity index (χ0n) is 10.8. The quantitative estimate of drug-likeness (QED) is 0.732. The van der Waals surface area contributed by atoms with E-state index in [0.29, 0.717) is 13.0 Å². The summed E-state index contributed by atoms with van der Waals surface area (Å²) in [6.07, 6.45) is 1.53. The fourth-order valence-electron chi connectivity index (χ4n) is 1.93. The largest absolute Gasteiger partial charge is 0.396 e. The van der Waals surface area contributed by atoms with Crippen LogP contribution in [0.1, 0.15) is 24.3 Å². The van der Waals surface area contributed by atoms with Crippen LogP contribution in [0.3, 0.4) is 0 Å². The number of aliphatic hydroxyl groups excluding tert-OH is 1. The lowest BCUT2D eigenvalue weighted by molar-refractivity contribution is -0.124. The summed E-state index contributed by atoms with van der Waals surface area (Å²) < 4.78 is 4.74. The van der Waals surface area contributed by atoms with Crippen molar-refractivity contribution in [2.75, 3.05) is 26.9 Å². The second-order valence-corrected chi connectivity index (χ2v) is 4.19. The van der Waals surface area contributed by atoms with Crippen molar-refractivity contribution in [3.05, 3.63) is 35.9 Å². The summed E-state index contributed by atoms with van der Waals surface area (Å²) in [5, 5.41) is 11.9. The Morgan fingerprint density at radius 1 is 1.33 bits per heavy atom. The Hall–Kier alpha value is -1.39. The summed E-state index contributed by atoms with van der Waals surface area (Å²) in [4.78, 5) is 11.2. The van der Waals surface area contributed by atoms with Gasteiger partial charge in [-0.05, 0) is 24.3 Å². The monoisotopic (exact) mass is 251 g/mol. The number of nitrogens with one attached hydrogen (secondary N) is 1. The fourth-order valence-corrected chi connectivity index (χ4v) is 1.93. The van der Waals surface area contributed by atoms with Gasteiger partial charge in [0, 0.05) is 20.3 Å². The summed E-state index contributed by atoms with van der Waals surface area (Å²) >= 11 is 0. The maximum Gasteiger partial charge on any atom is 0.245 e. The first-order chi connectivity index (χ1) is 8.77. The van der Waals surface area contributed by atoms with Crippen LogP contribution in [0.4, 0.5) is 0 Å². The minimum atomic E-state index is -0.103. The van der Waals surface area contributed by atoms with Gasteiger partial charge in [0.15, 0.2) is 0 Å². The summed E-state index contributed by atoms with van der Waals surface area (Å²) in [7, 11) is 1.50. The van der Waals surface area contributed by atoms with Crippen LogP contribution >= 0.6 is 0 Å². The van der Waals surface area contributed by atoms with E-state index in [1.165, 1.54) is 12.7 Å². The fraction of sp³-hybridized carbons (Fsp3) is 0.500. The lowest BCUT2D eigenvalue weighted by Gasteiger charge is -2.16. The Morgan fingerprint density at radius 2 is 2.06 bits per heavy atom. The minimum Gasteiger partial charge on any atom is -0.396 e. The number of hydrogen-bond acceptors (Lipinski definition) is 3. The average molecular weight is 251 g/mol.